The van der Waals surface area contributed by atoms with Gasteiger partial charge < -0.3 is 4.74 Å². The Bertz CT molecular complexity index is 573. The second-order valence-electron chi connectivity index (χ2n) is 3.93. The fraction of sp³-hybridized carbons (Fsp3) is 0.231. The van der Waals surface area contributed by atoms with Gasteiger partial charge in [0.2, 0.25) is 5.88 Å². The highest BCUT2D eigenvalue weighted by Crippen LogP contribution is 2.28. The predicted molar refractivity (Wildman–Crippen MR) is 72.6 cm³/mol. The fourth-order valence-corrected chi connectivity index (χ4v) is 1.97. The Kier molecular flexibility index (Phi) is 4.04. The zero-order valence-electron chi connectivity index (χ0n) is 10.1. The molecular formula is C13H12Cl2N2O. The quantitative estimate of drug-likeness (QED) is 0.623. The molecule has 0 aliphatic carbocycles. The van der Waals surface area contributed by atoms with Crippen LogP contribution in [0.5, 0.6) is 11.6 Å². The molecule has 2 rings (SSSR count). The number of hydrogen-bond acceptors (Lipinski definition) is 3. The Hall–Kier alpha value is -1.32. The van der Waals surface area contributed by atoms with Gasteiger partial charge in [-0.25, -0.2) is 9.97 Å². The summed E-state index contributed by atoms with van der Waals surface area (Å²) in [5.74, 6) is 1.31. The van der Waals surface area contributed by atoms with Crippen LogP contribution in [0.4, 0.5) is 0 Å². The van der Waals surface area contributed by atoms with Gasteiger partial charge in [-0.05, 0) is 37.1 Å². The average molecular weight is 283 g/mol. The summed E-state index contributed by atoms with van der Waals surface area (Å²) in [7, 11) is 0. The Morgan fingerprint density at radius 1 is 1.17 bits per heavy atom. The van der Waals surface area contributed by atoms with Crippen molar-refractivity contribution in [1.82, 2.24) is 9.97 Å². The molecule has 0 aliphatic rings. The van der Waals surface area contributed by atoms with E-state index in [1.165, 1.54) is 11.9 Å². The lowest BCUT2D eigenvalue weighted by Crippen LogP contribution is -1.96. The van der Waals surface area contributed by atoms with E-state index < -0.39 is 0 Å². The van der Waals surface area contributed by atoms with Crippen LogP contribution in [0.15, 0.2) is 24.5 Å². The normalized spacial score (nSPS) is 10.4. The summed E-state index contributed by atoms with van der Waals surface area (Å²) < 4.78 is 5.70. The molecule has 0 N–H and O–H groups in total. The van der Waals surface area contributed by atoms with Crippen molar-refractivity contribution in [3.63, 3.8) is 0 Å². The molecule has 0 saturated heterocycles. The second kappa shape index (κ2) is 5.55. The molecule has 0 unspecified atom stereocenters. The van der Waals surface area contributed by atoms with Gasteiger partial charge in [0.15, 0.2) is 0 Å². The van der Waals surface area contributed by atoms with Gasteiger partial charge in [0, 0.05) is 0 Å². The van der Waals surface area contributed by atoms with Crippen molar-refractivity contribution in [3.05, 3.63) is 46.4 Å². The minimum absolute atomic E-state index is 0.208. The lowest BCUT2D eigenvalue weighted by molar-refractivity contribution is 0.456. The Morgan fingerprint density at radius 3 is 2.61 bits per heavy atom. The van der Waals surface area contributed by atoms with Crippen LogP contribution < -0.4 is 4.74 Å². The third-order valence-corrected chi connectivity index (χ3v) is 3.27. The van der Waals surface area contributed by atoms with Gasteiger partial charge >= 0.3 is 0 Å². The smallest absolute Gasteiger partial charge is 0.228 e. The lowest BCUT2D eigenvalue weighted by Gasteiger charge is -2.10. The summed E-state index contributed by atoms with van der Waals surface area (Å²) in [4.78, 5) is 7.93. The zero-order valence-corrected chi connectivity index (χ0v) is 11.6. The van der Waals surface area contributed by atoms with Crippen LogP contribution in [-0.2, 0) is 5.88 Å². The number of aryl methyl sites for hydroxylation is 2. The van der Waals surface area contributed by atoms with E-state index in [0.717, 1.165) is 5.56 Å². The number of hydrogen-bond donors (Lipinski definition) is 0. The van der Waals surface area contributed by atoms with E-state index in [9.17, 15) is 0 Å². The third-order valence-electron chi connectivity index (χ3n) is 2.68. The number of nitrogens with zero attached hydrogens (tertiary/aromatic N) is 2. The van der Waals surface area contributed by atoms with Crippen LogP contribution in [-0.4, -0.2) is 9.97 Å². The number of alkyl halides is 1. The van der Waals surface area contributed by atoms with E-state index in [1.807, 2.05) is 32.0 Å². The topological polar surface area (TPSA) is 35.0 Å². The predicted octanol–water partition coefficient (Wildman–Crippen LogP) is 4.28. The summed E-state index contributed by atoms with van der Waals surface area (Å²) in [6, 6.07) is 5.83. The van der Waals surface area contributed by atoms with Gasteiger partial charge in [0.05, 0.1) is 11.4 Å². The number of ether oxygens (including phenoxy) is 1. The Labute approximate surface area is 116 Å². The van der Waals surface area contributed by atoms with E-state index in [4.69, 9.17) is 27.9 Å². The van der Waals surface area contributed by atoms with Crippen LogP contribution in [0, 0.1) is 13.8 Å². The van der Waals surface area contributed by atoms with Crippen molar-refractivity contribution in [2.75, 3.05) is 0 Å². The molecule has 18 heavy (non-hydrogen) atoms. The molecule has 0 radical (unpaired) electrons. The van der Waals surface area contributed by atoms with Crippen LogP contribution in [0.25, 0.3) is 0 Å². The Balaban J connectivity index is 2.34. The van der Waals surface area contributed by atoms with Crippen molar-refractivity contribution >= 4 is 23.2 Å². The third kappa shape index (κ3) is 2.74. The minimum Gasteiger partial charge on any atom is -0.439 e. The van der Waals surface area contributed by atoms with Gasteiger partial charge in [0.1, 0.15) is 17.2 Å². The summed E-state index contributed by atoms with van der Waals surface area (Å²) in [5.41, 5.74) is 2.96. The summed E-state index contributed by atoms with van der Waals surface area (Å²) in [5, 5.41) is 0.318. The van der Waals surface area contributed by atoms with Gasteiger partial charge in [-0.3, -0.25) is 0 Å². The van der Waals surface area contributed by atoms with E-state index in [2.05, 4.69) is 9.97 Å². The molecule has 0 spiro atoms. The van der Waals surface area contributed by atoms with Crippen molar-refractivity contribution in [3.8, 4) is 11.6 Å². The van der Waals surface area contributed by atoms with Crippen molar-refractivity contribution in [1.29, 1.82) is 0 Å². The van der Waals surface area contributed by atoms with Crippen LogP contribution in [0.1, 0.15) is 16.7 Å². The standard InChI is InChI=1S/C13H12Cl2N2O/c1-8-3-4-10(5-9(8)2)18-13-11(6-14)12(15)16-7-17-13/h3-5,7H,6H2,1-2H3. The molecule has 94 valence electrons. The first-order chi connectivity index (χ1) is 8.61. The first-order valence-corrected chi connectivity index (χ1v) is 6.33. The summed E-state index contributed by atoms with van der Waals surface area (Å²) in [6.07, 6.45) is 1.36. The molecule has 0 aliphatic heterocycles. The summed E-state index contributed by atoms with van der Waals surface area (Å²) >= 11 is 11.8. The van der Waals surface area contributed by atoms with E-state index in [1.54, 1.807) is 0 Å². The number of benzene rings is 1. The minimum atomic E-state index is 0.208. The molecule has 0 amide bonds. The number of halogens is 2. The van der Waals surface area contributed by atoms with E-state index >= 15 is 0 Å². The highest BCUT2D eigenvalue weighted by atomic mass is 35.5. The zero-order chi connectivity index (χ0) is 13.1. The lowest BCUT2D eigenvalue weighted by atomic mass is 10.1. The van der Waals surface area contributed by atoms with Gasteiger partial charge in [0.25, 0.3) is 0 Å². The molecule has 0 atom stereocenters. The molecule has 5 heteroatoms. The number of aromatic nitrogens is 2. The largest absolute Gasteiger partial charge is 0.439 e. The average Bonchev–Trinajstić information content (AvgIpc) is 2.34. The fourth-order valence-electron chi connectivity index (χ4n) is 1.47. The van der Waals surface area contributed by atoms with E-state index in [0.29, 0.717) is 22.3 Å². The van der Waals surface area contributed by atoms with Crippen molar-refractivity contribution < 1.29 is 4.74 Å². The maximum Gasteiger partial charge on any atom is 0.228 e. The molecule has 0 bridgehead atoms. The van der Waals surface area contributed by atoms with Crippen molar-refractivity contribution in [2.24, 2.45) is 0 Å². The number of rotatable bonds is 3. The molecule has 1 aromatic carbocycles. The van der Waals surface area contributed by atoms with Crippen molar-refractivity contribution in [2.45, 2.75) is 19.7 Å². The highest BCUT2D eigenvalue weighted by molar-refractivity contribution is 6.31. The van der Waals surface area contributed by atoms with Crippen LogP contribution in [0.2, 0.25) is 5.15 Å². The highest BCUT2D eigenvalue weighted by Gasteiger charge is 2.11. The maximum absolute atomic E-state index is 5.94. The molecule has 1 aromatic heterocycles. The molecule has 0 fully saturated rings. The molecular weight excluding hydrogens is 271 g/mol. The van der Waals surface area contributed by atoms with Crippen LogP contribution >= 0.6 is 23.2 Å². The van der Waals surface area contributed by atoms with Gasteiger partial charge in [-0.1, -0.05) is 17.7 Å². The summed E-state index contributed by atoms with van der Waals surface area (Å²) in [6.45, 7) is 4.07. The Morgan fingerprint density at radius 2 is 1.94 bits per heavy atom. The first kappa shape index (κ1) is 13.1. The van der Waals surface area contributed by atoms with E-state index in [-0.39, 0.29) is 5.88 Å². The monoisotopic (exact) mass is 282 g/mol. The van der Waals surface area contributed by atoms with Crippen LogP contribution in [0.3, 0.4) is 0 Å². The molecule has 2 aromatic rings. The molecule has 0 saturated carbocycles. The van der Waals surface area contributed by atoms with Gasteiger partial charge in [-0.15, -0.1) is 11.6 Å². The molecule has 1 heterocycles. The second-order valence-corrected chi connectivity index (χ2v) is 4.56. The SMILES string of the molecule is Cc1ccc(Oc2ncnc(Cl)c2CCl)cc1C. The maximum atomic E-state index is 5.94. The molecule has 3 nitrogen and oxygen atoms in total. The van der Waals surface area contributed by atoms with Gasteiger partial charge in [-0.2, -0.15) is 0 Å². The first-order valence-electron chi connectivity index (χ1n) is 5.42.